The summed E-state index contributed by atoms with van der Waals surface area (Å²) >= 11 is 16.3. The number of aromatic nitrogens is 6. The van der Waals surface area contributed by atoms with E-state index < -0.39 is 7.12 Å². The van der Waals surface area contributed by atoms with Crippen molar-refractivity contribution in [3.63, 3.8) is 0 Å². The fraction of sp³-hybridized carbons (Fsp3) is 0. The molecule has 0 fully saturated rings. The third-order valence-corrected chi connectivity index (χ3v) is 12.7. The minimum Gasteiger partial charge on any atom is -0.423 e. The van der Waals surface area contributed by atoms with Crippen molar-refractivity contribution in [1.82, 2.24) is 29.9 Å². The van der Waals surface area contributed by atoms with E-state index in [9.17, 15) is 0 Å². The lowest BCUT2D eigenvalue weighted by Gasteiger charge is -2.11. The maximum atomic E-state index is 8.94. The van der Waals surface area contributed by atoms with Crippen LogP contribution < -0.4 is 5.46 Å². The summed E-state index contributed by atoms with van der Waals surface area (Å²) in [7, 11) is -1.38. The summed E-state index contributed by atoms with van der Waals surface area (Å²) in [5.41, 5.74) is 8.06. The van der Waals surface area contributed by atoms with Crippen LogP contribution in [0.2, 0.25) is 10.0 Å². The molecule has 0 atom stereocenters. The third-order valence-electron chi connectivity index (χ3n) is 11.8. The Morgan fingerprint density at radius 2 is 0.622 bits per heavy atom. The van der Waals surface area contributed by atoms with Crippen LogP contribution in [-0.4, -0.2) is 47.1 Å². The van der Waals surface area contributed by atoms with Crippen molar-refractivity contribution in [3.05, 3.63) is 257 Å². The summed E-state index contributed by atoms with van der Waals surface area (Å²) in [5, 5.41) is 23.6. The Labute approximate surface area is 447 Å². The first kappa shape index (κ1) is 49.4. The van der Waals surface area contributed by atoms with Crippen molar-refractivity contribution in [1.29, 1.82) is 0 Å². The van der Waals surface area contributed by atoms with Crippen LogP contribution in [0.25, 0.3) is 101 Å². The lowest BCUT2D eigenvalue weighted by Crippen LogP contribution is -2.29. The van der Waals surface area contributed by atoms with Gasteiger partial charge in [-0.15, -0.1) is 0 Å². The topological polar surface area (TPSA) is 118 Å². The number of halogens is 3. The lowest BCUT2D eigenvalue weighted by molar-refractivity contribution is 0.426. The fourth-order valence-corrected chi connectivity index (χ4v) is 9.28. The molecule has 2 heterocycles. The summed E-state index contributed by atoms with van der Waals surface area (Å²) in [6.07, 6.45) is 0. The second-order valence-electron chi connectivity index (χ2n) is 17.0. The summed E-state index contributed by atoms with van der Waals surface area (Å²) < 4.78 is 0.878. The average molecular weight is 1060 g/mol. The molecule has 0 spiro atoms. The van der Waals surface area contributed by atoms with Gasteiger partial charge in [0.05, 0.1) is 0 Å². The number of fused-ring (bicyclic) bond motifs is 2. The molecule has 12 heteroatoms. The monoisotopic (exact) mass is 1060 g/mol. The number of rotatable bonds is 8. The van der Waals surface area contributed by atoms with Crippen LogP contribution in [0, 0.1) is 0 Å². The van der Waals surface area contributed by atoms with E-state index in [4.69, 9.17) is 48.2 Å². The van der Waals surface area contributed by atoms with Crippen molar-refractivity contribution < 1.29 is 10.0 Å². The Balaban J connectivity index is 0.000000140. The zero-order chi connectivity index (χ0) is 50.8. The Bertz CT molecular complexity index is 3740. The van der Waals surface area contributed by atoms with Crippen LogP contribution in [-0.2, 0) is 0 Å². The van der Waals surface area contributed by atoms with E-state index in [0.29, 0.717) is 50.5 Å². The molecule has 12 rings (SSSR count). The minimum absolute atomic E-state index is 0.527. The molecule has 12 aromatic rings. The van der Waals surface area contributed by atoms with E-state index in [1.807, 2.05) is 182 Å². The smallest absolute Gasteiger partial charge is 0.423 e. The summed E-state index contributed by atoms with van der Waals surface area (Å²) in [6, 6.07) is 79.3. The largest absolute Gasteiger partial charge is 0.488 e. The highest BCUT2D eigenvalue weighted by Gasteiger charge is 2.16. The zero-order valence-corrected chi connectivity index (χ0v) is 42.5. The van der Waals surface area contributed by atoms with Crippen LogP contribution >= 0.6 is 39.1 Å². The average Bonchev–Trinajstić information content (AvgIpc) is 3.45. The van der Waals surface area contributed by atoms with Crippen LogP contribution in [0.15, 0.2) is 247 Å². The predicted molar refractivity (Wildman–Crippen MR) is 307 cm³/mol. The highest BCUT2D eigenvalue weighted by Crippen LogP contribution is 2.33. The molecule has 0 unspecified atom stereocenters. The van der Waals surface area contributed by atoms with Crippen molar-refractivity contribution in [3.8, 4) is 79.5 Å². The molecule has 0 radical (unpaired) electrons. The van der Waals surface area contributed by atoms with Crippen molar-refractivity contribution >= 4 is 73.3 Å². The molecular weight excluding hydrogens is 1020 g/mol. The Morgan fingerprint density at radius 3 is 1.04 bits per heavy atom. The first-order valence-corrected chi connectivity index (χ1v) is 25.1. The van der Waals surface area contributed by atoms with Gasteiger partial charge in [0.25, 0.3) is 0 Å². The molecule has 356 valence electrons. The van der Waals surface area contributed by atoms with Crippen molar-refractivity contribution in [2.45, 2.75) is 0 Å². The molecule has 10 aromatic carbocycles. The maximum Gasteiger partial charge on any atom is 0.488 e. The zero-order valence-electron chi connectivity index (χ0n) is 39.4. The third kappa shape index (κ3) is 12.2. The molecule has 8 nitrogen and oxygen atoms in total. The number of benzene rings is 10. The Morgan fingerprint density at radius 1 is 0.284 bits per heavy atom. The van der Waals surface area contributed by atoms with Gasteiger partial charge in [0.15, 0.2) is 34.9 Å². The van der Waals surface area contributed by atoms with Gasteiger partial charge in [-0.1, -0.05) is 239 Å². The van der Waals surface area contributed by atoms with Gasteiger partial charge in [-0.25, -0.2) is 29.9 Å². The van der Waals surface area contributed by atoms with E-state index in [0.717, 1.165) is 59.8 Å². The molecule has 0 amide bonds. The first-order chi connectivity index (χ1) is 36.2. The molecule has 0 bridgehead atoms. The van der Waals surface area contributed by atoms with E-state index in [1.54, 1.807) is 12.1 Å². The molecule has 0 aliphatic carbocycles. The fourth-order valence-electron chi connectivity index (χ4n) is 8.18. The van der Waals surface area contributed by atoms with Gasteiger partial charge in [0, 0.05) is 47.9 Å². The number of hydrogen-bond donors (Lipinski definition) is 2. The Kier molecular flexibility index (Phi) is 15.4. The summed E-state index contributed by atoms with van der Waals surface area (Å²) in [4.78, 5) is 28.5. The first-order valence-electron chi connectivity index (χ1n) is 23.5. The molecule has 2 N–H and O–H groups in total. The molecule has 0 aliphatic rings. The van der Waals surface area contributed by atoms with Gasteiger partial charge in [0.1, 0.15) is 0 Å². The van der Waals surface area contributed by atoms with Crippen LogP contribution in [0.1, 0.15) is 0 Å². The predicted octanol–water partition coefficient (Wildman–Crippen LogP) is 15.2. The standard InChI is InChI=1S/C31H20ClN3.C21H13BrClN3.C10H9BO2/c32-28-19-26(25-16-15-21-9-7-8-14-24(21)17-25)18-27(20-28)31-34-29(22-10-3-1-4-11-22)33-30(35-31)23-12-5-2-6-13-23;22-17-11-16(12-18(23)13-17)21-25-19(14-7-3-1-4-8-14)24-20(26-21)15-9-5-2-6-10-15;12-11(13)10-6-5-8-3-1-2-4-9(8)7-10/h1-20H;1-13H;1-7,12-13H. The van der Waals surface area contributed by atoms with Crippen molar-refractivity contribution in [2.24, 2.45) is 0 Å². The normalized spacial score (nSPS) is 10.8. The second kappa shape index (κ2) is 23.1. The van der Waals surface area contributed by atoms with E-state index >= 15 is 0 Å². The molecule has 2 aromatic heterocycles. The molecule has 0 aliphatic heterocycles. The Hall–Kier alpha value is -8.22. The summed E-state index contributed by atoms with van der Waals surface area (Å²) in [5.74, 6) is 3.68. The molecule has 0 saturated heterocycles. The van der Waals surface area contributed by atoms with Gasteiger partial charge in [0.2, 0.25) is 0 Å². The van der Waals surface area contributed by atoms with Crippen LogP contribution in [0.3, 0.4) is 0 Å². The summed E-state index contributed by atoms with van der Waals surface area (Å²) in [6.45, 7) is 0. The second-order valence-corrected chi connectivity index (χ2v) is 18.8. The highest BCUT2D eigenvalue weighted by atomic mass is 79.9. The molecule has 0 saturated carbocycles. The van der Waals surface area contributed by atoms with E-state index in [1.165, 1.54) is 10.8 Å². The minimum atomic E-state index is -1.38. The van der Waals surface area contributed by atoms with Gasteiger partial charge >= 0.3 is 7.12 Å². The lowest BCUT2D eigenvalue weighted by atomic mass is 9.79. The van der Waals surface area contributed by atoms with Crippen LogP contribution in [0.4, 0.5) is 0 Å². The SMILES string of the molecule is Clc1cc(-c2ccc3ccccc3c2)cc(-c2nc(-c3ccccc3)nc(-c3ccccc3)n2)c1.Clc1cc(Br)cc(-c2nc(-c3ccccc3)nc(-c3ccccc3)n2)c1.OB(O)c1ccc2ccccc2c1. The van der Waals surface area contributed by atoms with E-state index in [-0.39, 0.29) is 0 Å². The highest BCUT2D eigenvalue weighted by molar-refractivity contribution is 9.10. The van der Waals surface area contributed by atoms with Gasteiger partial charge in [-0.3, -0.25) is 0 Å². The molecular formula is C62H42BBrCl2N6O2. The van der Waals surface area contributed by atoms with E-state index in [2.05, 4.69) is 79.4 Å². The number of hydrogen-bond acceptors (Lipinski definition) is 8. The number of nitrogens with zero attached hydrogens (tertiary/aromatic N) is 6. The van der Waals surface area contributed by atoms with Crippen LogP contribution in [0.5, 0.6) is 0 Å². The van der Waals surface area contributed by atoms with Gasteiger partial charge in [-0.2, -0.15) is 0 Å². The van der Waals surface area contributed by atoms with Gasteiger partial charge in [-0.05, 0) is 80.6 Å². The quantitative estimate of drug-likeness (QED) is 0.145. The van der Waals surface area contributed by atoms with Crippen molar-refractivity contribution in [2.75, 3.05) is 0 Å². The van der Waals surface area contributed by atoms with Gasteiger partial charge < -0.3 is 10.0 Å². The molecule has 74 heavy (non-hydrogen) atoms. The maximum absolute atomic E-state index is 8.94.